The van der Waals surface area contributed by atoms with E-state index in [-0.39, 0.29) is 5.41 Å². The number of hydrogen-bond acceptors (Lipinski definition) is 6. The molecular formula is C45H35N5OS. The molecule has 0 amide bonds. The van der Waals surface area contributed by atoms with Gasteiger partial charge in [-0.15, -0.1) is 11.3 Å². The fourth-order valence-corrected chi connectivity index (χ4v) is 8.76. The second-order valence-electron chi connectivity index (χ2n) is 14.4. The van der Waals surface area contributed by atoms with Crippen LogP contribution in [0.25, 0.3) is 47.8 Å². The summed E-state index contributed by atoms with van der Waals surface area (Å²) in [6.07, 6.45) is 5.76. The Morgan fingerprint density at radius 2 is 1.40 bits per heavy atom. The first-order valence-corrected chi connectivity index (χ1v) is 18.4. The van der Waals surface area contributed by atoms with Gasteiger partial charge >= 0.3 is 0 Å². The molecule has 0 spiro atoms. The van der Waals surface area contributed by atoms with Crippen molar-refractivity contribution in [1.29, 1.82) is 0 Å². The molecule has 4 aromatic heterocycles. The number of aromatic nitrogens is 3. The largest absolute Gasteiger partial charge is 0.457 e. The van der Waals surface area contributed by atoms with Gasteiger partial charge < -0.3 is 14.5 Å². The molecule has 5 aromatic carbocycles. The van der Waals surface area contributed by atoms with Crippen LogP contribution < -0.4 is 14.5 Å². The van der Waals surface area contributed by atoms with Crippen molar-refractivity contribution in [2.75, 3.05) is 16.5 Å². The SMILES string of the molecule is CC(C)(C)c1ccnc(-n2c3ccccc3c3ccc(Oc4cccc(N5CN(c6cccc7sc8ccccc8c67)c6cnccc65)c4)cc32)c1. The molecule has 0 saturated heterocycles. The number of para-hydroxylation sites is 1. The van der Waals surface area contributed by atoms with Gasteiger partial charge in [0.05, 0.1) is 34.3 Å². The summed E-state index contributed by atoms with van der Waals surface area (Å²) in [7, 11) is 0. The van der Waals surface area contributed by atoms with E-state index in [1.165, 1.54) is 36.8 Å². The van der Waals surface area contributed by atoms with Crippen LogP contribution in [0, 0.1) is 0 Å². The number of thiophene rings is 1. The molecule has 1 aliphatic heterocycles. The zero-order valence-corrected chi connectivity index (χ0v) is 29.9. The van der Waals surface area contributed by atoms with Crippen molar-refractivity contribution in [3.63, 3.8) is 0 Å². The van der Waals surface area contributed by atoms with E-state index in [0.29, 0.717) is 6.67 Å². The van der Waals surface area contributed by atoms with Gasteiger partial charge in [0.1, 0.15) is 24.0 Å². The highest BCUT2D eigenvalue weighted by Gasteiger charge is 2.30. The molecule has 0 fully saturated rings. The zero-order valence-electron chi connectivity index (χ0n) is 29.1. The smallest absolute Gasteiger partial charge is 0.137 e. The topological polar surface area (TPSA) is 46.4 Å². The van der Waals surface area contributed by atoms with Gasteiger partial charge in [-0.2, -0.15) is 0 Å². The van der Waals surface area contributed by atoms with E-state index in [2.05, 4.69) is 161 Å². The van der Waals surface area contributed by atoms with Crippen molar-refractivity contribution in [1.82, 2.24) is 14.5 Å². The predicted molar refractivity (Wildman–Crippen MR) is 217 cm³/mol. The number of benzene rings is 5. The molecule has 0 N–H and O–H groups in total. The molecule has 7 heteroatoms. The van der Waals surface area contributed by atoms with Crippen LogP contribution in [0.15, 0.2) is 146 Å². The van der Waals surface area contributed by atoms with Crippen LogP contribution in [0.1, 0.15) is 26.3 Å². The maximum atomic E-state index is 6.66. The maximum Gasteiger partial charge on any atom is 0.137 e. The molecule has 9 aromatic rings. The third-order valence-electron chi connectivity index (χ3n) is 10.2. The van der Waals surface area contributed by atoms with Crippen LogP contribution >= 0.6 is 11.3 Å². The quantitative estimate of drug-likeness (QED) is 0.180. The van der Waals surface area contributed by atoms with Crippen molar-refractivity contribution in [3.05, 3.63) is 152 Å². The second-order valence-corrected chi connectivity index (χ2v) is 15.5. The van der Waals surface area contributed by atoms with Gasteiger partial charge in [0, 0.05) is 61.2 Å². The van der Waals surface area contributed by atoms with Crippen LogP contribution in [0.4, 0.5) is 22.7 Å². The summed E-state index contributed by atoms with van der Waals surface area (Å²) in [5.74, 6) is 2.44. The molecule has 0 aliphatic carbocycles. The Morgan fingerprint density at radius 3 is 2.31 bits per heavy atom. The van der Waals surface area contributed by atoms with E-state index >= 15 is 0 Å². The van der Waals surface area contributed by atoms with Gasteiger partial charge in [-0.05, 0) is 77.7 Å². The fourth-order valence-electron chi connectivity index (χ4n) is 7.64. The Labute approximate surface area is 305 Å². The number of anilines is 4. The maximum absolute atomic E-state index is 6.66. The fraction of sp³-hybridized carbons (Fsp3) is 0.111. The Bertz CT molecular complexity index is 2830. The van der Waals surface area contributed by atoms with Gasteiger partial charge in [-0.1, -0.05) is 69.3 Å². The molecule has 1 aliphatic rings. The van der Waals surface area contributed by atoms with Gasteiger partial charge in [0.2, 0.25) is 0 Å². The Kier molecular flexibility index (Phi) is 6.88. The number of nitrogens with zero attached hydrogens (tertiary/aromatic N) is 5. The van der Waals surface area contributed by atoms with Crippen LogP contribution in [-0.4, -0.2) is 21.2 Å². The van der Waals surface area contributed by atoms with E-state index in [1.54, 1.807) is 0 Å². The van der Waals surface area contributed by atoms with E-state index < -0.39 is 0 Å². The number of pyridine rings is 2. The molecule has 252 valence electrons. The lowest BCUT2D eigenvalue weighted by Crippen LogP contribution is -2.24. The highest BCUT2D eigenvalue weighted by atomic mass is 32.1. The van der Waals surface area contributed by atoms with Crippen LogP contribution in [0.2, 0.25) is 0 Å². The molecule has 0 saturated carbocycles. The normalized spacial score (nSPS) is 13.1. The molecule has 0 radical (unpaired) electrons. The molecule has 6 nitrogen and oxygen atoms in total. The third-order valence-corrected chi connectivity index (χ3v) is 11.3. The summed E-state index contributed by atoms with van der Waals surface area (Å²) < 4.78 is 11.5. The summed E-state index contributed by atoms with van der Waals surface area (Å²) >= 11 is 1.84. The van der Waals surface area contributed by atoms with Gasteiger partial charge in [-0.25, -0.2) is 4.98 Å². The van der Waals surface area contributed by atoms with Crippen molar-refractivity contribution in [3.8, 4) is 17.3 Å². The summed E-state index contributed by atoms with van der Waals surface area (Å²) in [4.78, 5) is 14.1. The van der Waals surface area contributed by atoms with Crippen molar-refractivity contribution < 1.29 is 4.74 Å². The second kappa shape index (κ2) is 11.7. The highest BCUT2D eigenvalue weighted by Crippen LogP contribution is 2.48. The van der Waals surface area contributed by atoms with E-state index in [0.717, 1.165) is 50.8 Å². The minimum Gasteiger partial charge on any atom is -0.457 e. The predicted octanol–water partition coefficient (Wildman–Crippen LogP) is 12.3. The summed E-state index contributed by atoms with van der Waals surface area (Å²) in [6, 6.07) is 45.0. The first-order valence-electron chi connectivity index (χ1n) is 17.6. The van der Waals surface area contributed by atoms with E-state index in [1.807, 2.05) is 36.0 Å². The summed E-state index contributed by atoms with van der Waals surface area (Å²) in [5.41, 5.74) is 7.85. The Morgan fingerprint density at radius 1 is 0.615 bits per heavy atom. The van der Waals surface area contributed by atoms with Crippen LogP contribution in [0.5, 0.6) is 11.5 Å². The van der Waals surface area contributed by atoms with Crippen LogP contribution in [0.3, 0.4) is 0 Å². The number of rotatable bonds is 5. The van der Waals surface area contributed by atoms with E-state index in [9.17, 15) is 0 Å². The monoisotopic (exact) mass is 693 g/mol. The van der Waals surface area contributed by atoms with Crippen molar-refractivity contribution >= 4 is 76.1 Å². The molecule has 0 bridgehead atoms. The minimum absolute atomic E-state index is 0.00472. The van der Waals surface area contributed by atoms with Gasteiger partial charge in [0.25, 0.3) is 0 Å². The van der Waals surface area contributed by atoms with Crippen molar-refractivity contribution in [2.45, 2.75) is 26.2 Å². The first-order chi connectivity index (χ1) is 25.4. The highest BCUT2D eigenvalue weighted by molar-refractivity contribution is 7.26. The van der Waals surface area contributed by atoms with Gasteiger partial charge in [-0.3, -0.25) is 9.55 Å². The minimum atomic E-state index is 0.00472. The summed E-state index contributed by atoms with van der Waals surface area (Å²) in [5, 5.41) is 4.92. The lowest BCUT2D eigenvalue weighted by Gasteiger charge is -2.23. The summed E-state index contributed by atoms with van der Waals surface area (Å²) in [6.45, 7) is 7.36. The van der Waals surface area contributed by atoms with E-state index in [4.69, 9.17) is 9.72 Å². The molecule has 5 heterocycles. The van der Waals surface area contributed by atoms with Crippen molar-refractivity contribution in [2.24, 2.45) is 0 Å². The lowest BCUT2D eigenvalue weighted by atomic mass is 9.88. The Hall–Kier alpha value is -6.18. The number of hydrogen-bond donors (Lipinski definition) is 0. The molecule has 0 unspecified atom stereocenters. The first kappa shape index (κ1) is 30.6. The average Bonchev–Trinajstić information content (AvgIpc) is 3.84. The molecule has 0 atom stereocenters. The molecule has 10 rings (SSSR count). The van der Waals surface area contributed by atoms with Crippen LogP contribution in [-0.2, 0) is 5.41 Å². The third kappa shape index (κ3) is 4.92. The average molecular weight is 694 g/mol. The standard InChI is InChI=1S/C45H35N5OS/c1-45(2,3)29-20-23-47-43(24-29)50-36-14-6-4-12-33(36)34-19-18-32(26-39(34)50)51-31-11-8-10-30(25-31)48-28-49(40-27-46-22-21-37(40)48)38-15-9-17-42-44(38)35-13-5-7-16-41(35)52-42/h4-27H,28H2,1-3H3. The lowest BCUT2D eigenvalue weighted by molar-refractivity contribution is 0.483. The number of fused-ring (bicyclic) bond motifs is 7. The Balaban J connectivity index is 1.02. The molecule has 52 heavy (non-hydrogen) atoms. The van der Waals surface area contributed by atoms with Gasteiger partial charge in [0.15, 0.2) is 0 Å². The number of ether oxygens (including phenoxy) is 1. The zero-order chi connectivity index (χ0) is 35.0. The molecular weight excluding hydrogens is 659 g/mol.